The van der Waals surface area contributed by atoms with Gasteiger partial charge in [-0.1, -0.05) is 0 Å². The van der Waals surface area contributed by atoms with Gasteiger partial charge in [-0.25, -0.2) is 4.98 Å². The molecule has 0 aliphatic rings. The molecule has 1 unspecified atom stereocenters. The summed E-state index contributed by atoms with van der Waals surface area (Å²) in [6.07, 6.45) is 3.85. The van der Waals surface area contributed by atoms with Crippen LogP contribution in [0.4, 0.5) is 0 Å². The molecule has 0 aromatic carbocycles. The number of oxazole rings is 1. The number of rotatable bonds is 5. The zero-order chi connectivity index (χ0) is 12.3. The van der Waals surface area contributed by atoms with Crippen molar-refractivity contribution in [3.63, 3.8) is 0 Å². The summed E-state index contributed by atoms with van der Waals surface area (Å²) in [5.41, 5.74) is 1.28. The second-order valence-electron chi connectivity index (χ2n) is 4.20. The third-order valence-corrected chi connectivity index (χ3v) is 2.86. The molecule has 0 fully saturated rings. The predicted molar refractivity (Wildman–Crippen MR) is 66.6 cm³/mol. The highest BCUT2D eigenvalue weighted by molar-refractivity contribution is 5.07. The van der Waals surface area contributed by atoms with E-state index in [4.69, 9.17) is 4.42 Å². The topological polar surface area (TPSA) is 43.0 Å². The molecule has 0 saturated heterocycles. The van der Waals surface area contributed by atoms with Gasteiger partial charge in [0.2, 0.25) is 5.89 Å². The Morgan fingerprint density at radius 1 is 1.53 bits per heavy atom. The molecule has 17 heavy (non-hydrogen) atoms. The summed E-state index contributed by atoms with van der Waals surface area (Å²) in [5, 5.41) is 3.41. The summed E-state index contributed by atoms with van der Waals surface area (Å²) in [4.78, 5) is 4.22. The Labute approximate surface area is 102 Å². The van der Waals surface area contributed by atoms with Gasteiger partial charge in [-0.05, 0) is 32.9 Å². The van der Waals surface area contributed by atoms with Crippen molar-refractivity contribution in [1.82, 2.24) is 14.9 Å². The van der Waals surface area contributed by atoms with Crippen LogP contribution in [0, 0.1) is 6.92 Å². The zero-order valence-corrected chi connectivity index (χ0v) is 10.6. The maximum atomic E-state index is 5.49. The second kappa shape index (κ2) is 5.19. The lowest BCUT2D eigenvalue weighted by Crippen LogP contribution is -2.20. The van der Waals surface area contributed by atoms with E-state index in [2.05, 4.69) is 47.0 Å². The minimum atomic E-state index is 0.129. The summed E-state index contributed by atoms with van der Waals surface area (Å²) in [6.45, 7) is 7.93. The molecule has 2 aromatic rings. The van der Waals surface area contributed by atoms with Crippen molar-refractivity contribution in [3.05, 3.63) is 41.9 Å². The van der Waals surface area contributed by atoms with Gasteiger partial charge in [-0.15, -0.1) is 0 Å². The first-order chi connectivity index (χ1) is 8.20. The van der Waals surface area contributed by atoms with E-state index in [0.717, 1.165) is 24.7 Å². The number of aromatic nitrogens is 2. The average molecular weight is 233 g/mol. The molecule has 2 rings (SSSR count). The van der Waals surface area contributed by atoms with E-state index in [0.29, 0.717) is 0 Å². The van der Waals surface area contributed by atoms with E-state index in [1.165, 1.54) is 5.69 Å². The molecule has 1 atom stereocenters. The van der Waals surface area contributed by atoms with Crippen LogP contribution in [0.5, 0.6) is 0 Å². The smallest absolute Gasteiger partial charge is 0.211 e. The zero-order valence-electron chi connectivity index (χ0n) is 10.6. The average Bonchev–Trinajstić information content (AvgIpc) is 2.94. The molecule has 0 saturated carbocycles. The molecule has 2 heterocycles. The Morgan fingerprint density at radius 2 is 2.35 bits per heavy atom. The molecular formula is C13H19N3O. The molecule has 92 valence electrons. The van der Waals surface area contributed by atoms with Crippen LogP contribution in [-0.2, 0) is 13.1 Å². The van der Waals surface area contributed by atoms with E-state index < -0.39 is 0 Å². The molecule has 2 aromatic heterocycles. The van der Waals surface area contributed by atoms with E-state index in [-0.39, 0.29) is 6.04 Å². The van der Waals surface area contributed by atoms with Gasteiger partial charge in [0, 0.05) is 25.0 Å². The fraction of sp³-hybridized carbons (Fsp3) is 0.462. The van der Waals surface area contributed by atoms with Crippen molar-refractivity contribution >= 4 is 0 Å². The Morgan fingerprint density at radius 3 is 3.00 bits per heavy atom. The van der Waals surface area contributed by atoms with Gasteiger partial charge < -0.3 is 14.3 Å². The SMILES string of the molecule is CCn1cccc1CNC(C)c1ncc(C)o1. The molecule has 0 amide bonds. The highest BCUT2D eigenvalue weighted by Crippen LogP contribution is 2.13. The van der Waals surface area contributed by atoms with Gasteiger partial charge >= 0.3 is 0 Å². The third-order valence-electron chi connectivity index (χ3n) is 2.86. The highest BCUT2D eigenvalue weighted by atomic mass is 16.4. The van der Waals surface area contributed by atoms with E-state index in [1.54, 1.807) is 6.20 Å². The van der Waals surface area contributed by atoms with Crippen molar-refractivity contribution in [2.75, 3.05) is 0 Å². The van der Waals surface area contributed by atoms with Gasteiger partial charge in [0.05, 0.1) is 12.2 Å². The van der Waals surface area contributed by atoms with Gasteiger partial charge in [0.25, 0.3) is 0 Å². The van der Waals surface area contributed by atoms with Crippen LogP contribution < -0.4 is 5.32 Å². The lowest BCUT2D eigenvalue weighted by atomic mass is 10.3. The molecule has 0 bridgehead atoms. The summed E-state index contributed by atoms with van der Waals surface area (Å²) in [7, 11) is 0. The van der Waals surface area contributed by atoms with Gasteiger partial charge in [-0.2, -0.15) is 0 Å². The molecule has 4 nitrogen and oxygen atoms in total. The summed E-state index contributed by atoms with van der Waals surface area (Å²) in [5.74, 6) is 1.60. The minimum Gasteiger partial charge on any atom is -0.444 e. The van der Waals surface area contributed by atoms with Crippen molar-refractivity contribution in [1.29, 1.82) is 0 Å². The van der Waals surface area contributed by atoms with Crippen LogP contribution in [-0.4, -0.2) is 9.55 Å². The summed E-state index contributed by atoms with van der Waals surface area (Å²) in [6, 6.07) is 4.33. The first-order valence-electron chi connectivity index (χ1n) is 6.00. The van der Waals surface area contributed by atoms with Crippen molar-refractivity contribution in [3.8, 4) is 0 Å². The fourth-order valence-electron chi connectivity index (χ4n) is 1.84. The lowest BCUT2D eigenvalue weighted by molar-refractivity contribution is 0.399. The minimum absolute atomic E-state index is 0.129. The fourth-order valence-corrected chi connectivity index (χ4v) is 1.84. The lowest BCUT2D eigenvalue weighted by Gasteiger charge is -2.11. The van der Waals surface area contributed by atoms with Crippen LogP contribution in [0.25, 0.3) is 0 Å². The molecule has 0 aliphatic carbocycles. The quantitative estimate of drug-likeness (QED) is 0.863. The number of nitrogens with one attached hydrogen (secondary N) is 1. The van der Waals surface area contributed by atoms with Crippen molar-refractivity contribution in [2.24, 2.45) is 0 Å². The molecule has 0 aliphatic heterocycles. The van der Waals surface area contributed by atoms with E-state index in [1.807, 2.05) is 6.92 Å². The Balaban J connectivity index is 1.94. The number of hydrogen-bond donors (Lipinski definition) is 1. The number of nitrogens with zero attached hydrogens (tertiary/aromatic N) is 2. The Kier molecular flexibility index (Phi) is 3.64. The monoisotopic (exact) mass is 233 g/mol. The van der Waals surface area contributed by atoms with Crippen LogP contribution in [0.1, 0.15) is 37.2 Å². The molecule has 0 radical (unpaired) electrons. The number of hydrogen-bond acceptors (Lipinski definition) is 3. The van der Waals surface area contributed by atoms with Crippen molar-refractivity contribution in [2.45, 2.75) is 39.9 Å². The molecule has 1 N–H and O–H groups in total. The van der Waals surface area contributed by atoms with Gasteiger partial charge in [0.1, 0.15) is 5.76 Å². The normalized spacial score (nSPS) is 12.9. The standard InChI is InChI=1S/C13H19N3O/c1-4-16-7-5-6-12(16)9-14-11(3)13-15-8-10(2)17-13/h5-8,11,14H,4,9H2,1-3H3. The maximum Gasteiger partial charge on any atom is 0.211 e. The highest BCUT2D eigenvalue weighted by Gasteiger charge is 2.11. The summed E-state index contributed by atoms with van der Waals surface area (Å²) < 4.78 is 7.71. The van der Waals surface area contributed by atoms with Gasteiger partial charge in [0.15, 0.2) is 0 Å². The summed E-state index contributed by atoms with van der Waals surface area (Å²) >= 11 is 0. The van der Waals surface area contributed by atoms with Gasteiger partial charge in [-0.3, -0.25) is 0 Å². The Hall–Kier alpha value is -1.55. The molecule has 0 spiro atoms. The van der Waals surface area contributed by atoms with E-state index >= 15 is 0 Å². The molecule has 4 heteroatoms. The van der Waals surface area contributed by atoms with Crippen LogP contribution >= 0.6 is 0 Å². The van der Waals surface area contributed by atoms with Crippen LogP contribution in [0.2, 0.25) is 0 Å². The first-order valence-corrected chi connectivity index (χ1v) is 6.00. The number of aryl methyl sites for hydroxylation is 2. The molecular weight excluding hydrogens is 214 g/mol. The maximum absolute atomic E-state index is 5.49. The Bertz CT molecular complexity index is 472. The van der Waals surface area contributed by atoms with E-state index in [9.17, 15) is 0 Å². The van der Waals surface area contributed by atoms with Crippen LogP contribution in [0.3, 0.4) is 0 Å². The first kappa shape index (κ1) is 11.9. The van der Waals surface area contributed by atoms with Crippen LogP contribution in [0.15, 0.2) is 28.9 Å². The largest absolute Gasteiger partial charge is 0.444 e. The second-order valence-corrected chi connectivity index (χ2v) is 4.20. The van der Waals surface area contributed by atoms with Crippen molar-refractivity contribution < 1.29 is 4.42 Å². The third kappa shape index (κ3) is 2.77. The predicted octanol–water partition coefficient (Wildman–Crippen LogP) is 2.66.